The van der Waals surface area contributed by atoms with E-state index in [1.54, 1.807) is 0 Å². The molecule has 0 amide bonds. The van der Waals surface area contributed by atoms with E-state index in [1.165, 1.54) is 5.56 Å². The zero-order valence-electron chi connectivity index (χ0n) is 7.17. The molecule has 0 aliphatic heterocycles. The van der Waals surface area contributed by atoms with Gasteiger partial charge in [-0.2, -0.15) is 0 Å². The van der Waals surface area contributed by atoms with Crippen LogP contribution in [0.25, 0.3) is 0 Å². The standard InChI is InChI=1S/C10H11ClS/c1-7(2)8-5-3-4-6-9(8)10(11)12/h3-7H,1-2H3. The summed E-state index contributed by atoms with van der Waals surface area (Å²) >= 11 is 10.7. The van der Waals surface area contributed by atoms with Crippen molar-refractivity contribution in [1.29, 1.82) is 0 Å². The van der Waals surface area contributed by atoms with Crippen molar-refractivity contribution in [3.05, 3.63) is 35.4 Å². The molecule has 0 fully saturated rings. The van der Waals surface area contributed by atoms with Crippen LogP contribution in [0.5, 0.6) is 0 Å². The fourth-order valence-electron chi connectivity index (χ4n) is 1.18. The molecule has 2 heteroatoms. The predicted octanol–water partition coefficient (Wildman–Crippen LogP) is 3.72. The van der Waals surface area contributed by atoms with Crippen molar-refractivity contribution in [2.45, 2.75) is 19.8 Å². The Labute approximate surface area is 83.6 Å². The summed E-state index contributed by atoms with van der Waals surface area (Å²) in [6.45, 7) is 4.27. The molecule has 1 aromatic carbocycles. The summed E-state index contributed by atoms with van der Waals surface area (Å²) in [4.78, 5) is 0. The molecule has 0 radical (unpaired) electrons. The van der Waals surface area contributed by atoms with E-state index in [-0.39, 0.29) is 0 Å². The molecule has 0 heterocycles. The molecular weight excluding hydrogens is 188 g/mol. The topological polar surface area (TPSA) is 0 Å². The third kappa shape index (κ3) is 2.05. The fourth-order valence-corrected chi connectivity index (χ4v) is 1.54. The molecule has 1 aromatic rings. The maximum absolute atomic E-state index is 5.78. The summed E-state index contributed by atoms with van der Waals surface area (Å²) in [6, 6.07) is 7.99. The lowest BCUT2D eigenvalue weighted by Gasteiger charge is -2.09. The first-order chi connectivity index (χ1) is 5.63. The van der Waals surface area contributed by atoms with E-state index >= 15 is 0 Å². The lowest BCUT2D eigenvalue weighted by molar-refractivity contribution is 0.865. The summed E-state index contributed by atoms with van der Waals surface area (Å²) in [6.07, 6.45) is 0. The predicted molar refractivity (Wildman–Crippen MR) is 58.1 cm³/mol. The van der Waals surface area contributed by atoms with Gasteiger partial charge in [-0.05, 0) is 11.5 Å². The van der Waals surface area contributed by atoms with Gasteiger partial charge in [0, 0.05) is 5.56 Å². The van der Waals surface area contributed by atoms with Crippen LogP contribution in [0.15, 0.2) is 24.3 Å². The maximum Gasteiger partial charge on any atom is 0.111 e. The highest BCUT2D eigenvalue weighted by Crippen LogP contribution is 2.20. The van der Waals surface area contributed by atoms with Gasteiger partial charge in [-0.1, -0.05) is 61.9 Å². The SMILES string of the molecule is CC(C)c1ccccc1C(=S)Cl. The first-order valence-electron chi connectivity index (χ1n) is 3.91. The van der Waals surface area contributed by atoms with Gasteiger partial charge < -0.3 is 0 Å². The Bertz CT molecular complexity index is 292. The lowest BCUT2D eigenvalue weighted by atomic mass is 9.98. The summed E-state index contributed by atoms with van der Waals surface area (Å²) < 4.78 is 0.458. The van der Waals surface area contributed by atoms with Crippen LogP contribution in [-0.2, 0) is 0 Å². The van der Waals surface area contributed by atoms with Gasteiger partial charge in [0.2, 0.25) is 0 Å². The molecule has 0 nitrogen and oxygen atoms in total. The highest BCUT2D eigenvalue weighted by molar-refractivity contribution is 7.83. The van der Waals surface area contributed by atoms with E-state index in [0.717, 1.165) is 5.56 Å². The van der Waals surface area contributed by atoms with Gasteiger partial charge in [-0.25, -0.2) is 0 Å². The number of hydrogen-bond acceptors (Lipinski definition) is 1. The second kappa shape index (κ2) is 4.01. The molecule has 0 saturated carbocycles. The quantitative estimate of drug-likeness (QED) is 0.516. The Hall–Kier alpha value is -0.400. The van der Waals surface area contributed by atoms with E-state index in [4.69, 9.17) is 23.8 Å². The normalized spacial score (nSPS) is 10.3. The molecule has 12 heavy (non-hydrogen) atoms. The largest absolute Gasteiger partial charge is 0.111 e. The molecule has 0 N–H and O–H groups in total. The smallest absolute Gasteiger partial charge is 0.0709 e. The van der Waals surface area contributed by atoms with Crippen LogP contribution in [0.1, 0.15) is 30.9 Å². The van der Waals surface area contributed by atoms with Crippen LogP contribution in [0.4, 0.5) is 0 Å². The second-order valence-corrected chi connectivity index (χ2v) is 4.03. The molecule has 0 bridgehead atoms. The van der Waals surface area contributed by atoms with Crippen molar-refractivity contribution in [3.8, 4) is 0 Å². The van der Waals surface area contributed by atoms with Crippen molar-refractivity contribution in [1.82, 2.24) is 0 Å². The fraction of sp³-hybridized carbons (Fsp3) is 0.300. The van der Waals surface area contributed by atoms with E-state index in [2.05, 4.69) is 19.9 Å². The number of benzene rings is 1. The van der Waals surface area contributed by atoms with Crippen molar-refractivity contribution < 1.29 is 0 Å². The van der Waals surface area contributed by atoms with E-state index in [0.29, 0.717) is 10.2 Å². The minimum Gasteiger partial charge on any atom is -0.0709 e. The number of rotatable bonds is 2. The molecule has 64 valence electrons. The van der Waals surface area contributed by atoms with Crippen LogP contribution < -0.4 is 0 Å². The highest BCUT2D eigenvalue weighted by Gasteiger charge is 2.07. The zero-order chi connectivity index (χ0) is 9.14. The molecular formula is C10H11ClS. The Balaban J connectivity index is 3.17. The number of hydrogen-bond donors (Lipinski definition) is 0. The highest BCUT2D eigenvalue weighted by atomic mass is 35.5. The van der Waals surface area contributed by atoms with Gasteiger partial charge in [-0.3, -0.25) is 0 Å². The first-order valence-corrected chi connectivity index (χ1v) is 4.70. The Morgan fingerprint density at radius 3 is 2.33 bits per heavy atom. The zero-order valence-corrected chi connectivity index (χ0v) is 8.75. The van der Waals surface area contributed by atoms with Crippen molar-refractivity contribution in [2.24, 2.45) is 0 Å². The van der Waals surface area contributed by atoms with Crippen molar-refractivity contribution in [2.75, 3.05) is 0 Å². The molecule has 0 aromatic heterocycles. The van der Waals surface area contributed by atoms with Crippen LogP contribution in [0.2, 0.25) is 0 Å². The molecule has 0 aliphatic carbocycles. The average Bonchev–Trinajstić information content (AvgIpc) is 2.04. The van der Waals surface area contributed by atoms with E-state index in [9.17, 15) is 0 Å². The number of halogens is 1. The molecule has 1 rings (SSSR count). The van der Waals surface area contributed by atoms with Crippen molar-refractivity contribution >= 4 is 28.1 Å². The van der Waals surface area contributed by atoms with Crippen LogP contribution in [-0.4, -0.2) is 4.32 Å². The Morgan fingerprint density at radius 1 is 1.33 bits per heavy atom. The molecule has 0 saturated heterocycles. The van der Waals surface area contributed by atoms with Gasteiger partial charge in [0.05, 0.1) is 0 Å². The molecule has 0 aliphatic rings. The van der Waals surface area contributed by atoms with E-state index in [1.807, 2.05) is 18.2 Å². The summed E-state index contributed by atoms with van der Waals surface area (Å²) in [5.74, 6) is 0.470. The third-order valence-corrected chi connectivity index (χ3v) is 2.22. The summed E-state index contributed by atoms with van der Waals surface area (Å²) in [5, 5.41) is 0. The van der Waals surface area contributed by atoms with Crippen LogP contribution in [0.3, 0.4) is 0 Å². The molecule has 0 spiro atoms. The second-order valence-electron chi connectivity index (χ2n) is 3.02. The van der Waals surface area contributed by atoms with Gasteiger partial charge in [0.25, 0.3) is 0 Å². The van der Waals surface area contributed by atoms with Gasteiger partial charge in [0.15, 0.2) is 0 Å². The number of thiocarbonyl (C=S) groups is 1. The van der Waals surface area contributed by atoms with Gasteiger partial charge in [-0.15, -0.1) is 0 Å². The Kier molecular flexibility index (Phi) is 3.24. The summed E-state index contributed by atoms with van der Waals surface area (Å²) in [7, 11) is 0. The third-order valence-electron chi connectivity index (χ3n) is 1.79. The average molecular weight is 199 g/mol. The molecule has 0 unspecified atom stereocenters. The van der Waals surface area contributed by atoms with Crippen LogP contribution in [0, 0.1) is 0 Å². The Morgan fingerprint density at radius 2 is 1.92 bits per heavy atom. The minimum absolute atomic E-state index is 0.458. The lowest BCUT2D eigenvalue weighted by Crippen LogP contribution is -1.97. The maximum atomic E-state index is 5.78. The van der Waals surface area contributed by atoms with Gasteiger partial charge >= 0.3 is 0 Å². The minimum atomic E-state index is 0.458. The molecule has 0 atom stereocenters. The van der Waals surface area contributed by atoms with Gasteiger partial charge in [0.1, 0.15) is 4.32 Å². The summed E-state index contributed by atoms with van der Waals surface area (Å²) in [5.41, 5.74) is 2.21. The monoisotopic (exact) mass is 198 g/mol. The van der Waals surface area contributed by atoms with Crippen molar-refractivity contribution in [3.63, 3.8) is 0 Å². The first kappa shape index (κ1) is 9.69. The van der Waals surface area contributed by atoms with E-state index < -0.39 is 0 Å². The van der Waals surface area contributed by atoms with Crippen LogP contribution >= 0.6 is 23.8 Å².